The molecule has 0 amide bonds. The second-order valence-corrected chi connectivity index (χ2v) is 5.99. The fraction of sp³-hybridized carbons (Fsp3) is 0.625. The number of hydrogen-bond donors (Lipinski definition) is 1. The first-order valence-electron chi connectivity index (χ1n) is 6.97. The molecule has 0 saturated heterocycles. The Bertz CT molecular complexity index is 366. The minimum absolute atomic E-state index is 0.0894. The maximum atomic E-state index is 10.8. The molecule has 1 N–H and O–H groups in total. The molecule has 0 spiro atoms. The van der Waals surface area contributed by atoms with Crippen molar-refractivity contribution in [1.29, 1.82) is 0 Å². The molecule has 1 aromatic carbocycles. The highest BCUT2D eigenvalue weighted by molar-refractivity contribution is 5.22. The van der Waals surface area contributed by atoms with Crippen molar-refractivity contribution in [3.8, 4) is 0 Å². The first-order chi connectivity index (χ1) is 8.56. The van der Waals surface area contributed by atoms with E-state index in [1.165, 1.54) is 12.8 Å². The highest BCUT2D eigenvalue weighted by Gasteiger charge is 2.42. The summed E-state index contributed by atoms with van der Waals surface area (Å²) in [4.78, 5) is 2.23. The van der Waals surface area contributed by atoms with Gasteiger partial charge in [0.15, 0.2) is 0 Å². The van der Waals surface area contributed by atoms with E-state index in [1.807, 2.05) is 30.3 Å². The fourth-order valence-corrected chi connectivity index (χ4v) is 3.17. The van der Waals surface area contributed by atoms with E-state index in [0.717, 1.165) is 24.3 Å². The average molecular weight is 247 g/mol. The molecular weight excluding hydrogens is 222 g/mol. The highest BCUT2D eigenvalue weighted by atomic mass is 16.3. The van der Waals surface area contributed by atoms with E-state index >= 15 is 0 Å². The van der Waals surface area contributed by atoms with Crippen LogP contribution in [0.3, 0.4) is 0 Å². The number of rotatable bonds is 3. The number of benzene rings is 1. The summed E-state index contributed by atoms with van der Waals surface area (Å²) < 4.78 is 0. The summed E-state index contributed by atoms with van der Waals surface area (Å²) in [6.07, 6.45) is 4.19. The predicted molar refractivity (Wildman–Crippen MR) is 75.5 cm³/mol. The number of aliphatic hydroxyl groups is 1. The second kappa shape index (κ2) is 5.41. The smallest absolute Gasteiger partial charge is 0.0973 e. The zero-order valence-electron chi connectivity index (χ0n) is 11.8. The number of nitrogens with zero attached hydrogens (tertiary/aromatic N) is 1. The maximum absolute atomic E-state index is 10.8. The first-order valence-corrected chi connectivity index (χ1v) is 6.97. The lowest BCUT2D eigenvalue weighted by molar-refractivity contribution is -0.0408. The van der Waals surface area contributed by atoms with Gasteiger partial charge < -0.3 is 10.0 Å². The van der Waals surface area contributed by atoms with Crippen LogP contribution in [-0.4, -0.2) is 29.6 Å². The molecule has 1 atom stereocenters. The molecule has 1 aromatic rings. The number of aliphatic hydroxyl groups excluding tert-OH is 1. The van der Waals surface area contributed by atoms with Crippen LogP contribution in [0.5, 0.6) is 0 Å². The average Bonchev–Trinajstić information content (AvgIpc) is 2.40. The van der Waals surface area contributed by atoms with E-state index in [1.54, 1.807) is 0 Å². The molecule has 1 saturated carbocycles. The van der Waals surface area contributed by atoms with Crippen LogP contribution in [0.4, 0.5) is 0 Å². The third-order valence-corrected chi connectivity index (χ3v) is 4.66. The zero-order valence-corrected chi connectivity index (χ0v) is 11.8. The molecule has 2 nitrogen and oxygen atoms in total. The summed E-state index contributed by atoms with van der Waals surface area (Å²) in [7, 11) is 4.20. The third kappa shape index (κ3) is 2.45. The van der Waals surface area contributed by atoms with Crippen LogP contribution in [0.2, 0.25) is 0 Å². The van der Waals surface area contributed by atoms with Gasteiger partial charge in [0.25, 0.3) is 0 Å². The normalized spacial score (nSPS) is 30.4. The van der Waals surface area contributed by atoms with Crippen molar-refractivity contribution in [3.63, 3.8) is 0 Å². The van der Waals surface area contributed by atoms with Gasteiger partial charge in [0.05, 0.1) is 11.6 Å². The SMILES string of the molecule is CC1CCC(C(O)c2ccccc2)(N(C)C)CC1. The standard InChI is InChI=1S/C16H25NO/c1-13-9-11-16(12-10-13,17(2)3)15(18)14-7-5-4-6-8-14/h4-8,13,15,18H,9-12H2,1-3H3. The monoisotopic (exact) mass is 247 g/mol. The topological polar surface area (TPSA) is 23.5 Å². The summed E-state index contributed by atoms with van der Waals surface area (Å²) in [5.74, 6) is 0.793. The molecule has 100 valence electrons. The molecule has 1 unspecified atom stereocenters. The summed E-state index contributed by atoms with van der Waals surface area (Å²) in [5.41, 5.74) is 0.953. The summed E-state index contributed by atoms with van der Waals surface area (Å²) in [6, 6.07) is 10.1. The van der Waals surface area contributed by atoms with Gasteiger partial charge in [-0.15, -0.1) is 0 Å². The van der Waals surface area contributed by atoms with Gasteiger partial charge in [-0.3, -0.25) is 0 Å². The molecule has 0 radical (unpaired) electrons. The highest BCUT2D eigenvalue weighted by Crippen LogP contribution is 2.43. The van der Waals surface area contributed by atoms with Gasteiger partial charge in [-0.1, -0.05) is 37.3 Å². The Morgan fingerprint density at radius 2 is 1.72 bits per heavy atom. The molecular formula is C16H25NO. The summed E-state index contributed by atoms with van der Waals surface area (Å²) >= 11 is 0. The zero-order chi connectivity index (χ0) is 13.2. The van der Waals surface area contributed by atoms with Gasteiger partial charge in [0.2, 0.25) is 0 Å². The van der Waals surface area contributed by atoms with Gasteiger partial charge in [-0.25, -0.2) is 0 Å². The van der Waals surface area contributed by atoms with E-state index in [2.05, 4.69) is 25.9 Å². The predicted octanol–water partition coefficient (Wildman–Crippen LogP) is 3.23. The van der Waals surface area contributed by atoms with Crippen molar-refractivity contribution in [2.45, 2.75) is 44.2 Å². The number of hydrogen-bond acceptors (Lipinski definition) is 2. The van der Waals surface area contributed by atoms with Crippen molar-refractivity contribution < 1.29 is 5.11 Å². The van der Waals surface area contributed by atoms with E-state index in [9.17, 15) is 5.11 Å². The molecule has 1 fully saturated rings. The van der Waals surface area contributed by atoms with Crippen LogP contribution in [0, 0.1) is 5.92 Å². The van der Waals surface area contributed by atoms with E-state index in [4.69, 9.17) is 0 Å². The Morgan fingerprint density at radius 3 is 2.22 bits per heavy atom. The molecule has 2 heteroatoms. The third-order valence-electron chi connectivity index (χ3n) is 4.66. The lowest BCUT2D eigenvalue weighted by atomic mass is 9.71. The molecule has 2 rings (SSSR count). The minimum atomic E-state index is -0.388. The quantitative estimate of drug-likeness (QED) is 0.886. The minimum Gasteiger partial charge on any atom is -0.386 e. The van der Waals surface area contributed by atoms with Crippen LogP contribution in [0.15, 0.2) is 30.3 Å². The molecule has 0 heterocycles. The maximum Gasteiger partial charge on any atom is 0.0973 e. The Kier molecular flexibility index (Phi) is 4.08. The Morgan fingerprint density at radius 1 is 1.17 bits per heavy atom. The van der Waals surface area contributed by atoms with Crippen LogP contribution >= 0.6 is 0 Å². The molecule has 0 bridgehead atoms. The summed E-state index contributed by atoms with van der Waals surface area (Å²) in [6.45, 7) is 2.31. The molecule has 1 aliphatic rings. The van der Waals surface area contributed by atoms with E-state index in [0.29, 0.717) is 0 Å². The van der Waals surface area contributed by atoms with Gasteiger partial charge in [0.1, 0.15) is 0 Å². The molecule has 18 heavy (non-hydrogen) atoms. The lowest BCUT2D eigenvalue weighted by Gasteiger charge is -2.47. The fourth-order valence-electron chi connectivity index (χ4n) is 3.17. The Hall–Kier alpha value is -0.860. The molecule has 0 aliphatic heterocycles. The Balaban J connectivity index is 2.25. The Labute approximate surface area is 111 Å². The van der Waals surface area contributed by atoms with Crippen molar-refractivity contribution >= 4 is 0 Å². The first kappa shape index (κ1) is 13.6. The van der Waals surface area contributed by atoms with Crippen LogP contribution in [0.25, 0.3) is 0 Å². The van der Waals surface area contributed by atoms with Crippen molar-refractivity contribution in [2.24, 2.45) is 5.92 Å². The second-order valence-electron chi connectivity index (χ2n) is 5.99. The van der Waals surface area contributed by atoms with Crippen molar-refractivity contribution in [2.75, 3.05) is 14.1 Å². The van der Waals surface area contributed by atoms with Crippen molar-refractivity contribution in [3.05, 3.63) is 35.9 Å². The van der Waals surface area contributed by atoms with Crippen molar-refractivity contribution in [1.82, 2.24) is 4.90 Å². The van der Waals surface area contributed by atoms with Crippen LogP contribution in [-0.2, 0) is 0 Å². The molecule has 0 aromatic heterocycles. The summed E-state index contributed by atoms with van der Waals surface area (Å²) in [5, 5.41) is 10.8. The van der Waals surface area contributed by atoms with Gasteiger partial charge in [-0.2, -0.15) is 0 Å². The van der Waals surface area contributed by atoms with Crippen LogP contribution < -0.4 is 0 Å². The largest absolute Gasteiger partial charge is 0.386 e. The van der Waals surface area contributed by atoms with Crippen LogP contribution in [0.1, 0.15) is 44.3 Å². The molecule has 1 aliphatic carbocycles. The number of likely N-dealkylation sites (N-methyl/N-ethyl adjacent to an activating group) is 1. The van der Waals surface area contributed by atoms with E-state index < -0.39 is 0 Å². The van der Waals surface area contributed by atoms with E-state index in [-0.39, 0.29) is 11.6 Å². The lowest BCUT2D eigenvalue weighted by Crippen LogP contribution is -2.51. The van der Waals surface area contributed by atoms with Gasteiger partial charge >= 0.3 is 0 Å². The van der Waals surface area contributed by atoms with Gasteiger partial charge in [0, 0.05) is 0 Å². The van der Waals surface area contributed by atoms with Gasteiger partial charge in [-0.05, 0) is 51.3 Å².